The number of nitrogens with one attached hydrogen (secondary N) is 1. The molecule has 2 unspecified atom stereocenters. The molecule has 0 aromatic heterocycles. The summed E-state index contributed by atoms with van der Waals surface area (Å²) < 4.78 is 0.644. The Hall–Kier alpha value is -0.940. The van der Waals surface area contributed by atoms with Gasteiger partial charge in [0.1, 0.15) is 0 Å². The van der Waals surface area contributed by atoms with Crippen LogP contribution in [0.15, 0.2) is 22.7 Å². The first-order chi connectivity index (χ1) is 9.63. The van der Waals surface area contributed by atoms with Crippen LogP contribution in [0.3, 0.4) is 0 Å². The quantitative estimate of drug-likeness (QED) is 0.649. The highest BCUT2D eigenvalue weighted by Gasteiger charge is 2.26. The molecule has 0 amide bonds. The first-order valence-corrected chi connectivity index (χ1v) is 8.08. The number of rotatable bonds is 5. The highest BCUT2D eigenvalue weighted by molar-refractivity contribution is 9.10. The fraction of sp³-hybridized carbons (Fsp3) is 0.600. The fourth-order valence-electron chi connectivity index (χ4n) is 3.13. The van der Waals surface area contributed by atoms with E-state index in [1.54, 1.807) is 12.1 Å². The molecule has 1 aliphatic rings. The van der Waals surface area contributed by atoms with Gasteiger partial charge in [-0.2, -0.15) is 0 Å². The van der Waals surface area contributed by atoms with Crippen LogP contribution in [0.25, 0.3) is 0 Å². The molecular formula is C15H21BrN2O2. The second-order valence-corrected chi connectivity index (χ2v) is 6.21. The third-order valence-corrected chi connectivity index (χ3v) is 5.03. The van der Waals surface area contributed by atoms with Gasteiger partial charge in [-0.1, -0.05) is 31.9 Å². The summed E-state index contributed by atoms with van der Waals surface area (Å²) in [6.07, 6.45) is 5.86. The highest BCUT2D eigenvalue weighted by atomic mass is 79.9. The summed E-state index contributed by atoms with van der Waals surface area (Å²) in [6, 6.07) is 5.87. The molecule has 0 spiro atoms. The molecule has 1 aromatic carbocycles. The topological polar surface area (TPSA) is 55.2 Å². The predicted octanol–water partition coefficient (Wildman–Crippen LogP) is 4.07. The van der Waals surface area contributed by atoms with Crippen LogP contribution >= 0.6 is 15.9 Å². The van der Waals surface area contributed by atoms with Gasteiger partial charge in [0.05, 0.1) is 9.40 Å². The van der Waals surface area contributed by atoms with Gasteiger partial charge in [0, 0.05) is 12.1 Å². The molecule has 20 heavy (non-hydrogen) atoms. The zero-order valence-electron chi connectivity index (χ0n) is 11.8. The maximum atomic E-state index is 11.0. The van der Waals surface area contributed by atoms with E-state index in [9.17, 15) is 10.1 Å². The van der Waals surface area contributed by atoms with E-state index in [1.165, 1.54) is 25.7 Å². The highest BCUT2D eigenvalue weighted by Crippen LogP contribution is 2.33. The maximum absolute atomic E-state index is 11.0. The van der Waals surface area contributed by atoms with Crippen molar-refractivity contribution in [1.29, 1.82) is 0 Å². The Balaban J connectivity index is 2.16. The van der Waals surface area contributed by atoms with Gasteiger partial charge in [0.15, 0.2) is 0 Å². The Morgan fingerprint density at radius 1 is 1.40 bits per heavy atom. The van der Waals surface area contributed by atoms with Crippen molar-refractivity contribution in [2.45, 2.75) is 45.1 Å². The van der Waals surface area contributed by atoms with Crippen LogP contribution in [0.4, 0.5) is 5.69 Å². The van der Waals surface area contributed by atoms with Gasteiger partial charge < -0.3 is 5.32 Å². The van der Waals surface area contributed by atoms with Crippen LogP contribution in [-0.2, 0) is 6.42 Å². The van der Waals surface area contributed by atoms with Crippen molar-refractivity contribution >= 4 is 21.6 Å². The summed E-state index contributed by atoms with van der Waals surface area (Å²) in [4.78, 5) is 10.7. The van der Waals surface area contributed by atoms with Gasteiger partial charge in [0.25, 0.3) is 5.69 Å². The Kier molecular flexibility index (Phi) is 5.54. The van der Waals surface area contributed by atoms with Crippen LogP contribution in [0.1, 0.15) is 38.2 Å². The lowest BCUT2D eigenvalue weighted by atomic mass is 9.80. The molecule has 0 aliphatic heterocycles. The second kappa shape index (κ2) is 7.18. The Labute approximate surface area is 128 Å². The molecule has 1 aromatic rings. The van der Waals surface area contributed by atoms with Crippen LogP contribution in [0.5, 0.6) is 0 Å². The average Bonchev–Trinajstić information content (AvgIpc) is 2.43. The molecular weight excluding hydrogens is 320 g/mol. The molecule has 110 valence electrons. The predicted molar refractivity (Wildman–Crippen MR) is 83.9 cm³/mol. The molecule has 1 fully saturated rings. The average molecular weight is 341 g/mol. The van der Waals surface area contributed by atoms with E-state index < -0.39 is 0 Å². The van der Waals surface area contributed by atoms with E-state index in [0.717, 1.165) is 18.5 Å². The van der Waals surface area contributed by atoms with Gasteiger partial charge >= 0.3 is 0 Å². The maximum Gasteiger partial charge on any atom is 0.283 e. The summed E-state index contributed by atoms with van der Waals surface area (Å²) in [5, 5.41) is 14.6. The first-order valence-electron chi connectivity index (χ1n) is 7.28. The largest absolute Gasteiger partial charge is 0.314 e. The van der Waals surface area contributed by atoms with Crippen molar-refractivity contribution in [2.75, 3.05) is 6.54 Å². The first kappa shape index (κ1) is 15.4. The van der Waals surface area contributed by atoms with E-state index in [0.29, 0.717) is 16.4 Å². The lowest BCUT2D eigenvalue weighted by Crippen LogP contribution is -2.39. The molecule has 2 rings (SSSR count). The SMILES string of the molecule is CCNC1CCCCC1Cc1cccc([N+](=O)[O-])c1Br. The number of benzene rings is 1. The minimum Gasteiger partial charge on any atom is -0.314 e. The van der Waals surface area contributed by atoms with Crippen molar-refractivity contribution in [3.05, 3.63) is 38.3 Å². The molecule has 1 N–H and O–H groups in total. The molecule has 0 saturated heterocycles. The Bertz CT molecular complexity index is 477. The molecule has 5 heteroatoms. The lowest BCUT2D eigenvalue weighted by molar-refractivity contribution is -0.385. The van der Waals surface area contributed by atoms with E-state index in [4.69, 9.17) is 0 Å². The minimum absolute atomic E-state index is 0.165. The number of nitrogens with zero attached hydrogens (tertiary/aromatic N) is 1. The molecule has 1 aliphatic carbocycles. The third kappa shape index (κ3) is 3.58. The summed E-state index contributed by atoms with van der Waals surface area (Å²) in [5.74, 6) is 0.571. The standard InChI is InChI=1S/C15H21BrN2O2/c1-2-17-13-8-4-3-6-11(13)10-12-7-5-9-14(15(12)16)18(19)20/h5,7,9,11,13,17H,2-4,6,8,10H2,1H3. The Morgan fingerprint density at radius 3 is 2.85 bits per heavy atom. The van der Waals surface area contributed by atoms with Gasteiger partial charge in [-0.15, -0.1) is 0 Å². The van der Waals surface area contributed by atoms with Gasteiger partial charge in [-0.05, 0) is 53.2 Å². The summed E-state index contributed by atoms with van der Waals surface area (Å²) in [7, 11) is 0. The fourth-order valence-corrected chi connectivity index (χ4v) is 3.70. The molecule has 4 nitrogen and oxygen atoms in total. The molecule has 2 atom stereocenters. The van der Waals surface area contributed by atoms with Crippen LogP contribution in [-0.4, -0.2) is 17.5 Å². The zero-order valence-corrected chi connectivity index (χ0v) is 13.4. The second-order valence-electron chi connectivity index (χ2n) is 5.42. The molecule has 0 bridgehead atoms. The van der Waals surface area contributed by atoms with Crippen LogP contribution < -0.4 is 5.32 Å². The van der Waals surface area contributed by atoms with Crippen molar-refractivity contribution in [2.24, 2.45) is 5.92 Å². The van der Waals surface area contributed by atoms with Crippen molar-refractivity contribution in [1.82, 2.24) is 5.32 Å². The third-order valence-electron chi connectivity index (χ3n) is 4.11. The van der Waals surface area contributed by atoms with Crippen molar-refractivity contribution in [3.63, 3.8) is 0 Å². The van der Waals surface area contributed by atoms with E-state index in [1.807, 2.05) is 6.07 Å². The normalized spacial score (nSPS) is 22.7. The van der Waals surface area contributed by atoms with E-state index in [2.05, 4.69) is 28.2 Å². The summed E-state index contributed by atoms with van der Waals surface area (Å²) in [6.45, 7) is 3.12. The smallest absolute Gasteiger partial charge is 0.283 e. The number of nitro groups is 1. The van der Waals surface area contributed by atoms with E-state index >= 15 is 0 Å². The summed E-state index contributed by atoms with van der Waals surface area (Å²) >= 11 is 3.41. The molecule has 1 saturated carbocycles. The van der Waals surface area contributed by atoms with Gasteiger partial charge in [-0.25, -0.2) is 0 Å². The Morgan fingerprint density at radius 2 is 2.15 bits per heavy atom. The summed E-state index contributed by atoms with van der Waals surface area (Å²) in [5.41, 5.74) is 1.22. The van der Waals surface area contributed by atoms with E-state index in [-0.39, 0.29) is 10.6 Å². The number of nitro benzene ring substituents is 1. The zero-order chi connectivity index (χ0) is 14.5. The van der Waals surface area contributed by atoms with Crippen LogP contribution in [0, 0.1) is 16.0 Å². The molecule has 0 radical (unpaired) electrons. The lowest BCUT2D eigenvalue weighted by Gasteiger charge is -2.32. The number of hydrogen-bond acceptors (Lipinski definition) is 3. The van der Waals surface area contributed by atoms with Crippen molar-refractivity contribution < 1.29 is 4.92 Å². The van der Waals surface area contributed by atoms with Gasteiger partial charge in [0.2, 0.25) is 0 Å². The van der Waals surface area contributed by atoms with Crippen molar-refractivity contribution in [3.8, 4) is 0 Å². The number of halogens is 1. The van der Waals surface area contributed by atoms with Crippen LogP contribution in [0.2, 0.25) is 0 Å². The monoisotopic (exact) mass is 340 g/mol. The number of hydrogen-bond donors (Lipinski definition) is 1. The minimum atomic E-state index is -0.323. The van der Waals surface area contributed by atoms with Gasteiger partial charge in [-0.3, -0.25) is 10.1 Å². The molecule has 0 heterocycles.